The molecule has 3 aromatic heterocycles. The van der Waals surface area contributed by atoms with Gasteiger partial charge in [0.1, 0.15) is 0 Å². The average Bonchev–Trinajstić information content (AvgIpc) is 3.42. The number of anilines is 1. The number of fused-ring (bicyclic) bond motifs is 3. The Kier molecular flexibility index (Phi) is 4.19. The molecule has 148 valence electrons. The highest BCUT2D eigenvalue weighted by molar-refractivity contribution is 5.93. The Morgan fingerprint density at radius 1 is 1.03 bits per heavy atom. The van der Waals surface area contributed by atoms with E-state index in [-0.39, 0.29) is 11.8 Å². The summed E-state index contributed by atoms with van der Waals surface area (Å²) in [5.41, 5.74) is 1.62. The molecule has 0 saturated carbocycles. The summed E-state index contributed by atoms with van der Waals surface area (Å²) in [7, 11) is 0. The lowest BCUT2D eigenvalue weighted by Gasteiger charge is -2.36. The van der Waals surface area contributed by atoms with E-state index in [1.165, 1.54) is 0 Å². The van der Waals surface area contributed by atoms with Gasteiger partial charge >= 0.3 is 0 Å². The Morgan fingerprint density at radius 2 is 1.83 bits per heavy atom. The first-order chi connectivity index (χ1) is 14.1. The summed E-state index contributed by atoms with van der Waals surface area (Å²) in [5, 5.41) is 9.78. The highest BCUT2D eigenvalue weighted by Crippen LogP contribution is 2.29. The molecule has 0 N–H and O–H groups in total. The summed E-state index contributed by atoms with van der Waals surface area (Å²) in [6, 6.07) is 11.6. The molecule has 1 aliphatic heterocycles. The summed E-state index contributed by atoms with van der Waals surface area (Å²) in [6.45, 7) is 6.63. The van der Waals surface area contributed by atoms with Crippen molar-refractivity contribution in [3.8, 4) is 11.6 Å². The van der Waals surface area contributed by atoms with Gasteiger partial charge in [-0.1, -0.05) is 26.0 Å². The van der Waals surface area contributed by atoms with E-state index < -0.39 is 0 Å². The van der Waals surface area contributed by atoms with Crippen LogP contribution in [-0.2, 0) is 4.79 Å². The fourth-order valence-electron chi connectivity index (χ4n) is 3.84. The Balaban J connectivity index is 1.61. The zero-order valence-electron chi connectivity index (χ0n) is 16.4. The van der Waals surface area contributed by atoms with Gasteiger partial charge in [0.25, 0.3) is 0 Å². The number of para-hydroxylation sites is 1. The van der Waals surface area contributed by atoms with Gasteiger partial charge in [-0.3, -0.25) is 4.79 Å². The van der Waals surface area contributed by atoms with Crippen molar-refractivity contribution in [3.63, 3.8) is 0 Å². The van der Waals surface area contributed by atoms with Gasteiger partial charge < -0.3 is 14.2 Å². The molecule has 8 heteroatoms. The van der Waals surface area contributed by atoms with E-state index in [0.717, 1.165) is 22.5 Å². The van der Waals surface area contributed by atoms with Crippen LogP contribution in [0, 0.1) is 5.92 Å². The van der Waals surface area contributed by atoms with E-state index in [9.17, 15) is 4.79 Å². The third-order valence-electron chi connectivity index (χ3n) is 5.34. The highest BCUT2D eigenvalue weighted by atomic mass is 16.3. The second-order valence-corrected chi connectivity index (χ2v) is 7.56. The maximum Gasteiger partial charge on any atom is 0.225 e. The van der Waals surface area contributed by atoms with Crippen LogP contribution in [0.2, 0.25) is 0 Å². The predicted octanol–water partition coefficient (Wildman–Crippen LogP) is 2.84. The van der Waals surface area contributed by atoms with E-state index >= 15 is 0 Å². The first-order valence-corrected chi connectivity index (χ1v) is 9.85. The zero-order chi connectivity index (χ0) is 20.0. The number of nitrogens with zero attached hydrogens (tertiary/aromatic N) is 6. The molecule has 1 amide bonds. The molecule has 8 nitrogen and oxygen atoms in total. The van der Waals surface area contributed by atoms with Crippen molar-refractivity contribution in [2.75, 3.05) is 31.1 Å². The standard InChI is InChI=1S/C21H22N6O2/c1-14(2)20(28)25-9-11-26(12-10-25)21-22-16-7-4-3-6-15(16)18-23-24-19(27(18)21)17-8-5-13-29-17/h3-8,13-14H,9-12H2,1-2H3. The molecule has 0 spiro atoms. The smallest absolute Gasteiger partial charge is 0.225 e. The molecule has 1 fully saturated rings. The largest absolute Gasteiger partial charge is 0.461 e. The van der Waals surface area contributed by atoms with E-state index in [4.69, 9.17) is 9.40 Å². The monoisotopic (exact) mass is 390 g/mol. The number of carbonyl (C=O) groups excluding carboxylic acids is 1. The molecule has 0 aliphatic carbocycles. The van der Waals surface area contributed by atoms with Crippen LogP contribution in [-0.4, -0.2) is 56.6 Å². The zero-order valence-corrected chi connectivity index (χ0v) is 16.4. The second-order valence-electron chi connectivity index (χ2n) is 7.56. The van der Waals surface area contributed by atoms with E-state index in [1.54, 1.807) is 6.26 Å². The van der Waals surface area contributed by atoms with Crippen LogP contribution >= 0.6 is 0 Å². The molecule has 5 rings (SSSR count). The topological polar surface area (TPSA) is 79.8 Å². The number of furan rings is 1. The van der Waals surface area contributed by atoms with Crippen molar-refractivity contribution in [3.05, 3.63) is 42.7 Å². The minimum atomic E-state index is 0.00968. The Hall–Kier alpha value is -3.42. The van der Waals surface area contributed by atoms with Crippen LogP contribution in [0.5, 0.6) is 0 Å². The summed E-state index contributed by atoms with van der Waals surface area (Å²) in [6.07, 6.45) is 1.63. The molecule has 0 radical (unpaired) electrons. The minimum Gasteiger partial charge on any atom is -0.461 e. The summed E-state index contributed by atoms with van der Waals surface area (Å²) >= 11 is 0. The molecular weight excluding hydrogens is 368 g/mol. The van der Waals surface area contributed by atoms with Crippen molar-refractivity contribution in [1.29, 1.82) is 0 Å². The number of hydrogen-bond acceptors (Lipinski definition) is 6. The minimum absolute atomic E-state index is 0.00968. The maximum atomic E-state index is 12.4. The predicted molar refractivity (Wildman–Crippen MR) is 110 cm³/mol. The molecule has 4 heterocycles. The van der Waals surface area contributed by atoms with E-state index in [0.29, 0.717) is 37.8 Å². The molecule has 4 aromatic rings. The average molecular weight is 390 g/mol. The normalized spacial score (nSPS) is 15.0. The number of carbonyl (C=O) groups is 1. The Labute approximate surface area is 167 Å². The molecule has 0 bridgehead atoms. The lowest BCUT2D eigenvalue weighted by molar-refractivity contribution is -0.134. The molecular formula is C21H22N6O2. The first-order valence-electron chi connectivity index (χ1n) is 9.85. The van der Waals surface area contributed by atoms with Crippen molar-refractivity contribution >= 4 is 28.4 Å². The van der Waals surface area contributed by atoms with Gasteiger partial charge in [-0.15, -0.1) is 10.2 Å². The van der Waals surface area contributed by atoms with Crippen molar-refractivity contribution in [2.45, 2.75) is 13.8 Å². The molecule has 0 atom stereocenters. The van der Waals surface area contributed by atoms with Crippen molar-refractivity contribution in [1.82, 2.24) is 24.5 Å². The van der Waals surface area contributed by atoms with Crippen LogP contribution in [0.4, 0.5) is 5.95 Å². The molecule has 29 heavy (non-hydrogen) atoms. The summed E-state index contributed by atoms with van der Waals surface area (Å²) in [5.74, 6) is 2.24. The van der Waals surface area contributed by atoms with Crippen LogP contribution in [0.1, 0.15) is 13.8 Å². The highest BCUT2D eigenvalue weighted by Gasteiger charge is 2.27. The van der Waals surface area contributed by atoms with Gasteiger partial charge in [-0.05, 0) is 24.3 Å². The Morgan fingerprint density at radius 3 is 2.55 bits per heavy atom. The van der Waals surface area contributed by atoms with Crippen LogP contribution in [0.15, 0.2) is 47.1 Å². The van der Waals surface area contributed by atoms with Crippen molar-refractivity contribution < 1.29 is 9.21 Å². The number of piperazine rings is 1. The molecule has 1 aromatic carbocycles. The third-order valence-corrected chi connectivity index (χ3v) is 5.34. The SMILES string of the molecule is CC(C)C(=O)N1CCN(c2nc3ccccc3c3nnc(-c4ccco4)n23)CC1. The lowest BCUT2D eigenvalue weighted by Crippen LogP contribution is -2.50. The summed E-state index contributed by atoms with van der Waals surface area (Å²) < 4.78 is 7.55. The number of amides is 1. The quantitative estimate of drug-likeness (QED) is 0.535. The van der Waals surface area contributed by atoms with E-state index in [1.807, 2.05) is 59.5 Å². The maximum absolute atomic E-state index is 12.4. The van der Waals surface area contributed by atoms with Gasteiger partial charge in [0.2, 0.25) is 17.7 Å². The van der Waals surface area contributed by atoms with Gasteiger partial charge in [0, 0.05) is 37.5 Å². The van der Waals surface area contributed by atoms with Gasteiger partial charge in [0.15, 0.2) is 11.4 Å². The Bertz CT molecular complexity index is 1170. The lowest BCUT2D eigenvalue weighted by atomic mass is 10.1. The molecule has 1 aliphatic rings. The third kappa shape index (κ3) is 2.91. The van der Waals surface area contributed by atoms with Crippen LogP contribution < -0.4 is 4.90 Å². The van der Waals surface area contributed by atoms with Gasteiger partial charge in [-0.2, -0.15) is 0 Å². The first kappa shape index (κ1) is 17.7. The van der Waals surface area contributed by atoms with Gasteiger partial charge in [-0.25, -0.2) is 9.38 Å². The summed E-state index contributed by atoms with van der Waals surface area (Å²) in [4.78, 5) is 21.4. The van der Waals surface area contributed by atoms with E-state index in [2.05, 4.69) is 15.1 Å². The number of rotatable bonds is 3. The number of benzene rings is 1. The van der Waals surface area contributed by atoms with Crippen LogP contribution in [0.3, 0.4) is 0 Å². The number of hydrogen-bond donors (Lipinski definition) is 0. The van der Waals surface area contributed by atoms with Crippen molar-refractivity contribution in [2.24, 2.45) is 5.92 Å². The van der Waals surface area contributed by atoms with Gasteiger partial charge in [0.05, 0.1) is 11.8 Å². The fraction of sp³-hybridized carbons (Fsp3) is 0.333. The number of aromatic nitrogens is 4. The molecule has 1 saturated heterocycles. The fourth-order valence-corrected chi connectivity index (χ4v) is 3.84. The van der Waals surface area contributed by atoms with Crippen LogP contribution in [0.25, 0.3) is 28.1 Å². The molecule has 0 unspecified atom stereocenters. The second kappa shape index (κ2) is 6.88.